The molecule has 0 saturated carbocycles. The average molecular weight is 281 g/mol. The summed E-state index contributed by atoms with van der Waals surface area (Å²) in [5, 5.41) is 2.77. The Hall–Kier alpha value is -1.08. The van der Waals surface area contributed by atoms with Crippen LogP contribution in [-0.2, 0) is 16.0 Å². The van der Waals surface area contributed by atoms with E-state index in [0.717, 1.165) is 12.1 Å². The van der Waals surface area contributed by atoms with E-state index >= 15 is 0 Å². The van der Waals surface area contributed by atoms with Gasteiger partial charge in [0, 0.05) is 6.54 Å². The molecule has 1 aromatic rings. The zero-order valence-corrected chi connectivity index (χ0v) is 10.6. The van der Waals surface area contributed by atoms with Crippen molar-refractivity contribution in [1.82, 2.24) is 5.32 Å². The van der Waals surface area contributed by atoms with Gasteiger partial charge in [0.1, 0.15) is 0 Å². The van der Waals surface area contributed by atoms with Crippen LogP contribution in [0.2, 0.25) is 0 Å². The van der Waals surface area contributed by atoms with Crippen LogP contribution in [0.5, 0.6) is 0 Å². The molecular formula is C11H14F3NO2S. The van der Waals surface area contributed by atoms with Crippen molar-refractivity contribution in [1.29, 1.82) is 0 Å². The molecule has 0 atom stereocenters. The van der Waals surface area contributed by atoms with Gasteiger partial charge in [-0.2, -0.15) is 13.2 Å². The largest absolute Gasteiger partial charge is 0.417 e. The summed E-state index contributed by atoms with van der Waals surface area (Å²) in [6.45, 7) is 2.48. The molecular weight excluding hydrogens is 267 g/mol. The SMILES string of the molecule is CCNCCS(=O)(=O)c1ccccc1C(F)(F)F. The summed E-state index contributed by atoms with van der Waals surface area (Å²) in [6.07, 6.45) is -4.66. The number of alkyl halides is 3. The van der Waals surface area contributed by atoms with Crippen molar-refractivity contribution >= 4 is 9.84 Å². The van der Waals surface area contributed by atoms with E-state index in [1.807, 2.05) is 0 Å². The predicted octanol–water partition coefficient (Wildman–Crippen LogP) is 2.09. The average Bonchev–Trinajstić information content (AvgIpc) is 2.28. The lowest BCUT2D eigenvalue weighted by Crippen LogP contribution is -2.24. The molecule has 1 N–H and O–H groups in total. The zero-order valence-electron chi connectivity index (χ0n) is 9.79. The molecule has 0 aliphatic heterocycles. The monoisotopic (exact) mass is 281 g/mol. The van der Waals surface area contributed by atoms with Gasteiger partial charge in [0.05, 0.1) is 16.2 Å². The summed E-state index contributed by atoms with van der Waals surface area (Å²) in [7, 11) is -3.93. The minimum atomic E-state index is -4.66. The van der Waals surface area contributed by atoms with E-state index in [4.69, 9.17) is 0 Å². The topological polar surface area (TPSA) is 46.2 Å². The first kappa shape index (κ1) is 15.0. The number of sulfone groups is 1. The Morgan fingerprint density at radius 3 is 2.39 bits per heavy atom. The van der Waals surface area contributed by atoms with Crippen molar-refractivity contribution in [2.75, 3.05) is 18.8 Å². The van der Waals surface area contributed by atoms with Gasteiger partial charge in [0.15, 0.2) is 9.84 Å². The summed E-state index contributed by atoms with van der Waals surface area (Å²) >= 11 is 0. The predicted molar refractivity (Wildman–Crippen MR) is 62.0 cm³/mol. The van der Waals surface area contributed by atoms with Gasteiger partial charge in [-0.1, -0.05) is 19.1 Å². The standard InChI is InChI=1S/C11H14F3NO2S/c1-2-15-7-8-18(16,17)10-6-4-3-5-9(10)11(12,13)14/h3-6,15H,2,7-8H2,1H3. The highest BCUT2D eigenvalue weighted by atomic mass is 32.2. The van der Waals surface area contributed by atoms with Crippen LogP contribution < -0.4 is 5.32 Å². The van der Waals surface area contributed by atoms with E-state index < -0.39 is 26.5 Å². The van der Waals surface area contributed by atoms with Gasteiger partial charge in [-0.15, -0.1) is 0 Å². The lowest BCUT2D eigenvalue weighted by Gasteiger charge is -2.13. The van der Waals surface area contributed by atoms with Crippen LogP contribution in [0.3, 0.4) is 0 Å². The number of hydrogen-bond acceptors (Lipinski definition) is 3. The van der Waals surface area contributed by atoms with Crippen molar-refractivity contribution in [3.63, 3.8) is 0 Å². The van der Waals surface area contributed by atoms with Crippen LogP contribution in [0.4, 0.5) is 13.2 Å². The van der Waals surface area contributed by atoms with Crippen LogP contribution in [0, 0.1) is 0 Å². The van der Waals surface area contributed by atoms with E-state index in [1.165, 1.54) is 12.1 Å². The van der Waals surface area contributed by atoms with Crippen molar-refractivity contribution in [2.45, 2.75) is 18.0 Å². The highest BCUT2D eigenvalue weighted by molar-refractivity contribution is 7.91. The van der Waals surface area contributed by atoms with Crippen LogP contribution in [-0.4, -0.2) is 27.3 Å². The van der Waals surface area contributed by atoms with Gasteiger partial charge in [0.2, 0.25) is 0 Å². The van der Waals surface area contributed by atoms with E-state index in [2.05, 4.69) is 5.32 Å². The van der Waals surface area contributed by atoms with Gasteiger partial charge in [-0.25, -0.2) is 8.42 Å². The quantitative estimate of drug-likeness (QED) is 0.841. The number of rotatable bonds is 5. The molecule has 0 radical (unpaired) electrons. The van der Waals surface area contributed by atoms with E-state index in [1.54, 1.807) is 6.92 Å². The lowest BCUT2D eigenvalue weighted by atomic mass is 10.2. The van der Waals surface area contributed by atoms with E-state index in [9.17, 15) is 21.6 Å². The Kier molecular flexibility index (Phi) is 4.75. The Morgan fingerprint density at radius 2 is 1.83 bits per heavy atom. The van der Waals surface area contributed by atoms with Crippen LogP contribution >= 0.6 is 0 Å². The Balaban J connectivity index is 3.09. The summed E-state index contributed by atoms with van der Waals surface area (Å²) in [6, 6.07) is 4.23. The van der Waals surface area contributed by atoms with Gasteiger partial charge < -0.3 is 5.32 Å². The van der Waals surface area contributed by atoms with Crippen molar-refractivity contribution in [2.24, 2.45) is 0 Å². The molecule has 0 aromatic heterocycles. The molecule has 102 valence electrons. The molecule has 0 saturated heterocycles. The van der Waals surface area contributed by atoms with E-state index in [0.29, 0.717) is 6.54 Å². The van der Waals surface area contributed by atoms with Crippen molar-refractivity contribution in [3.8, 4) is 0 Å². The number of halogens is 3. The second-order valence-corrected chi connectivity index (χ2v) is 5.74. The maximum absolute atomic E-state index is 12.7. The normalized spacial score (nSPS) is 12.7. The fourth-order valence-electron chi connectivity index (χ4n) is 1.47. The Morgan fingerprint density at radius 1 is 1.22 bits per heavy atom. The first-order valence-electron chi connectivity index (χ1n) is 5.38. The summed E-state index contributed by atoms with van der Waals surface area (Å²) in [4.78, 5) is -0.657. The Bertz CT molecular complexity index is 497. The fraction of sp³-hybridized carbons (Fsp3) is 0.455. The molecule has 0 fully saturated rings. The third-order valence-electron chi connectivity index (χ3n) is 2.33. The summed E-state index contributed by atoms with van der Waals surface area (Å²) < 4.78 is 61.7. The maximum atomic E-state index is 12.7. The van der Waals surface area contributed by atoms with Crippen molar-refractivity contribution in [3.05, 3.63) is 29.8 Å². The van der Waals surface area contributed by atoms with Gasteiger partial charge in [0.25, 0.3) is 0 Å². The molecule has 0 spiro atoms. The zero-order chi connectivity index (χ0) is 13.8. The van der Waals surface area contributed by atoms with Crippen molar-refractivity contribution < 1.29 is 21.6 Å². The molecule has 0 bridgehead atoms. The second-order valence-electron chi connectivity index (χ2n) is 3.67. The van der Waals surface area contributed by atoms with Crippen LogP contribution in [0.25, 0.3) is 0 Å². The molecule has 3 nitrogen and oxygen atoms in total. The summed E-state index contributed by atoms with van der Waals surface area (Å²) in [5.74, 6) is -0.353. The smallest absolute Gasteiger partial charge is 0.316 e. The molecule has 7 heteroatoms. The first-order chi connectivity index (χ1) is 8.29. The van der Waals surface area contributed by atoms with Gasteiger partial charge in [-0.05, 0) is 18.7 Å². The minimum Gasteiger partial charge on any atom is -0.316 e. The molecule has 0 heterocycles. The summed E-state index contributed by atoms with van der Waals surface area (Å²) in [5.41, 5.74) is -1.11. The fourth-order valence-corrected chi connectivity index (χ4v) is 2.90. The first-order valence-corrected chi connectivity index (χ1v) is 7.04. The minimum absolute atomic E-state index is 0.130. The highest BCUT2D eigenvalue weighted by Gasteiger charge is 2.36. The van der Waals surface area contributed by atoms with E-state index in [-0.39, 0.29) is 12.3 Å². The number of benzene rings is 1. The maximum Gasteiger partial charge on any atom is 0.417 e. The molecule has 18 heavy (non-hydrogen) atoms. The highest BCUT2D eigenvalue weighted by Crippen LogP contribution is 2.34. The Labute approximate surface area is 104 Å². The van der Waals surface area contributed by atoms with Crippen LogP contribution in [0.15, 0.2) is 29.2 Å². The van der Waals surface area contributed by atoms with Gasteiger partial charge in [-0.3, -0.25) is 0 Å². The lowest BCUT2D eigenvalue weighted by molar-refractivity contribution is -0.139. The molecule has 1 rings (SSSR count). The molecule has 1 aromatic carbocycles. The molecule has 0 aliphatic carbocycles. The number of hydrogen-bond donors (Lipinski definition) is 1. The van der Waals surface area contributed by atoms with Gasteiger partial charge >= 0.3 is 6.18 Å². The van der Waals surface area contributed by atoms with Crippen LogP contribution in [0.1, 0.15) is 12.5 Å². The third kappa shape index (κ3) is 3.71. The number of nitrogens with one attached hydrogen (secondary N) is 1. The third-order valence-corrected chi connectivity index (χ3v) is 4.09. The molecule has 0 unspecified atom stereocenters. The molecule has 0 amide bonds. The second kappa shape index (κ2) is 5.71. The molecule has 0 aliphatic rings.